The Hall–Kier alpha value is -1.00. The van der Waals surface area contributed by atoms with Gasteiger partial charge in [0.1, 0.15) is 0 Å². The first-order valence-electron chi connectivity index (χ1n) is 5.06. The minimum Gasteiger partial charge on any atom is -0.308 e. The van der Waals surface area contributed by atoms with Gasteiger partial charge in [-0.25, -0.2) is 4.40 Å². The lowest BCUT2D eigenvalue weighted by molar-refractivity contribution is 1.53. The number of hydrogen-bond donors (Lipinski definition) is 1. The molecule has 0 aliphatic carbocycles. The summed E-state index contributed by atoms with van der Waals surface area (Å²) in [5, 5.41) is 7.20. The maximum Gasteiger partial charge on any atom is 0.0435 e. The van der Waals surface area contributed by atoms with Gasteiger partial charge in [-0.1, -0.05) is 25.3 Å². The SMILES string of the molecule is C=C(SC)/C(C=NSC(=C)/C(C=N)=C\C)=C\C. The average molecular weight is 266 g/mol. The standard InChI is InChI=1S/C13H18N2S2/c1-6-12(8-14)11(4)17-15-9-13(7-2)10(3)16-5/h6-9,14H,3-4H2,1-2,5H3/b12-6-,13-7-,14-8?,15-9?. The van der Waals surface area contributed by atoms with Gasteiger partial charge in [-0.2, -0.15) is 0 Å². The fourth-order valence-electron chi connectivity index (χ4n) is 0.950. The molecule has 0 rings (SSSR count). The Morgan fingerprint density at radius 1 is 1.12 bits per heavy atom. The molecule has 17 heavy (non-hydrogen) atoms. The first kappa shape index (κ1) is 16.0. The molecule has 0 heterocycles. The third kappa shape index (κ3) is 5.75. The van der Waals surface area contributed by atoms with Crippen LogP contribution in [0.5, 0.6) is 0 Å². The van der Waals surface area contributed by atoms with Crippen LogP contribution in [0.4, 0.5) is 0 Å². The van der Waals surface area contributed by atoms with E-state index in [-0.39, 0.29) is 0 Å². The number of nitrogens with zero attached hydrogens (tertiary/aromatic N) is 1. The molecule has 0 bridgehead atoms. The Morgan fingerprint density at radius 2 is 1.71 bits per heavy atom. The first-order valence-corrected chi connectivity index (χ1v) is 7.06. The Balaban J connectivity index is 4.52. The zero-order valence-electron chi connectivity index (χ0n) is 10.5. The zero-order chi connectivity index (χ0) is 13.3. The molecule has 1 N–H and O–H groups in total. The predicted molar refractivity (Wildman–Crippen MR) is 84.2 cm³/mol. The van der Waals surface area contributed by atoms with Crippen LogP contribution in [0.25, 0.3) is 0 Å². The molecule has 0 atom stereocenters. The maximum absolute atomic E-state index is 7.20. The number of hydrogen-bond acceptors (Lipinski definition) is 4. The molecule has 0 saturated heterocycles. The summed E-state index contributed by atoms with van der Waals surface area (Å²) in [6.07, 6.45) is 8.85. The normalized spacial score (nSPS) is 12.9. The molecule has 0 aromatic heterocycles. The van der Waals surface area contributed by atoms with Crippen molar-refractivity contribution < 1.29 is 0 Å². The lowest BCUT2D eigenvalue weighted by Gasteiger charge is -2.02. The molecule has 2 nitrogen and oxygen atoms in total. The maximum atomic E-state index is 7.20. The Labute approximate surface area is 112 Å². The van der Waals surface area contributed by atoms with Crippen molar-refractivity contribution in [2.45, 2.75) is 13.8 Å². The molecular formula is C13H18N2S2. The van der Waals surface area contributed by atoms with Crippen molar-refractivity contribution >= 4 is 36.1 Å². The van der Waals surface area contributed by atoms with E-state index in [1.807, 2.05) is 32.3 Å². The minimum atomic E-state index is 0.768. The van der Waals surface area contributed by atoms with Crippen molar-refractivity contribution in [2.24, 2.45) is 4.40 Å². The van der Waals surface area contributed by atoms with Crippen LogP contribution < -0.4 is 0 Å². The molecule has 0 aromatic carbocycles. The summed E-state index contributed by atoms with van der Waals surface area (Å²) in [4.78, 5) is 1.75. The number of nitrogens with one attached hydrogen (secondary N) is 1. The van der Waals surface area contributed by atoms with E-state index in [2.05, 4.69) is 17.6 Å². The highest BCUT2D eigenvalue weighted by Gasteiger charge is 1.99. The quantitative estimate of drug-likeness (QED) is 0.414. The van der Waals surface area contributed by atoms with Crippen LogP contribution in [-0.2, 0) is 0 Å². The lowest BCUT2D eigenvalue weighted by Crippen LogP contribution is -1.86. The van der Waals surface area contributed by atoms with Crippen LogP contribution in [0.1, 0.15) is 13.8 Å². The summed E-state index contributed by atoms with van der Waals surface area (Å²) in [5.74, 6) is 0. The van der Waals surface area contributed by atoms with Gasteiger partial charge < -0.3 is 5.41 Å². The van der Waals surface area contributed by atoms with Crippen molar-refractivity contribution in [1.29, 1.82) is 5.41 Å². The predicted octanol–water partition coefficient (Wildman–Crippen LogP) is 4.64. The van der Waals surface area contributed by atoms with Gasteiger partial charge in [0.2, 0.25) is 0 Å². The molecule has 0 aliphatic rings. The second kappa shape index (κ2) is 9.07. The smallest absolute Gasteiger partial charge is 0.0435 e. The van der Waals surface area contributed by atoms with E-state index >= 15 is 0 Å². The third-order valence-corrected chi connectivity index (χ3v) is 3.42. The van der Waals surface area contributed by atoms with E-state index in [4.69, 9.17) is 5.41 Å². The molecule has 0 fully saturated rings. The summed E-state index contributed by atoms with van der Waals surface area (Å²) in [7, 11) is 0. The average Bonchev–Trinajstić information content (AvgIpc) is 2.35. The molecule has 4 heteroatoms. The van der Waals surface area contributed by atoms with Gasteiger partial charge in [-0.15, -0.1) is 11.8 Å². The van der Waals surface area contributed by atoms with E-state index < -0.39 is 0 Å². The van der Waals surface area contributed by atoms with Gasteiger partial charge in [0.05, 0.1) is 0 Å². The largest absolute Gasteiger partial charge is 0.308 e. The summed E-state index contributed by atoms with van der Waals surface area (Å²) in [6.45, 7) is 11.6. The molecule has 0 unspecified atom stereocenters. The van der Waals surface area contributed by atoms with E-state index in [9.17, 15) is 0 Å². The summed E-state index contributed by atoms with van der Waals surface area (Å²) in [6, 6.07) is 0. The summed E-state index contributed by atoms with van der Waals surface area (Å²) in [5.41, 5.74) is 1.80. The molecule has 92 valence electrons. The Bertz CT molecular complexity index is 390. The Morgan fingerprint density at radius 3 is 2.12 bits per heavy atom. The number of allylic oxidation sites excluding steroid dienone is 4. The van der Waals surface area contributed by atoms with Crippen LogP contribution in [0.3, 0.4) is 0 Å². The lowest BCUT2D eigenvalue weighted by atomic mass is 10.3. The molecule has 0 saturated carbocycles. The highest BCUT2D eigenvalue weighted by molar-refractivity contribution is 8.03. The van der Waals surface area contributed by atoms with Gasteiger partial charge in [0.25, 0.3) is 0 Å². The third-order valence-electron chi connectivity index (χ3n) is 2.02. The van der Waals surface area contributed by atoms with E-state index in [0.717, 1.165) is 21.0 Å². The molecular weight excluding hydrogens is 248 g/mol. The summed E-state index contributed by atoms with van der Waals surface area (Å²) < 4.78 is 4.23. The van der Waals surface area contributed by atoms with Crippen molar-refractivity contribution in [2.75, 3.05) is 6.26 Å². The number of thioether (sulfide) groups is 1. The fourth-order valence-corrected chi connectivity index (χ4v) is 1.93. The molecule has 0 radical (unpaired) electrons. The molecule has 0 spiro atoms. The van der Waals surface area contributed by atoms with Crippen LogP contribution in [0.2, 0.25) is 0 Å². The highest BCUT2D eigenvalue weighted by Crippen LogP contribution is 2.23. The van der Waals surface area contributed by atoms with Crippen molar-refractivity contribution in [1.82, 2.24) is 0 Å². The van der Waals surface area contributed by atoms with Gasteiger partial charge >= 0.3 is 0 Å². The second-order valence-electron chi connectivity index (χ2n) is 3.01. The molecule has 0 aromatic rings. The van der Waals surface area contributed by atoms with Crippen molar-refractivity contribution in [3.05, 3.63) is 46.3 Å². The van der Waals surface area contributed by atoms with Gasteiger partial charge in [0.15, 0.2) is 0 Å². The topological polar surface area (TPSA) is 36.2 Å². The van der Waals surface area contributed by atoms with Gasteiger partial charge in [-0.05, 0) is 20.1 Å². The Kier molecular flexibility index (Phi) is 8.54. The monoisotopic (exact) mass is 266 g/mol. The van der Waals surface area contributed by atoms with Crippen LogP contribution in [-0.4, -0.2) is 18.7 Å². The molecule has 0 aliphatic heterocycles. The van der Waals surface area contributed by atoms with Gasteiger partial charge in [0, 0.05) is 45.3 Å². The zero-order valence-corrected chi connectivity index (χ0v) is 12.1. The van der Waals surface area contributed by atoms with E-state index in [1.54, 1.807) is 18.0 Å². The fraction of sp³-hybridized carbons (Fsp3) is 0.231. The number of rotatable bonds is 7. The van der Waals surface area contributed by atoms with E-state index in [1.165, 1.54) is 18.2 Å². The second-order valence-corrected chi connectivity index (χ2v) is 4.80. The molecule has 0 amide bonds. The minimum absolute atomic E-state index is 0.768. The van der Waals surface area contributed by atoms with Gasteiger partial charge in [-0.3, -0.25) is 0 Å². The van der Waals surface area contributed by atoms with Crippen LogP contribution >= 0.6 is 23.7 Å². The first-order chi connectivity index (χ1) is 8.10. The van der Waals surface area contributed by atoms with Crippen molar-refractivity contribution in [3.63, 3.8) is 0 Å². The highest BCUT2D eigenvalue weighted by atomic mass is 32.2. The van der Waals surface area contributed by atoms with E-state index in [0.29, 0.717) is 0 Å². The summed E-state index contributed by atoms with van der Waals surface area (Å²) >= 11 is 2.87. The van der Waals surface area contributed by atoms with Crippen molar-refractivity contribution in [3.8, 4) is 0 Å². The van der Waals surface area contributed by atoms with Crippen LogP contribution in [0.15, 0.2) is 50.7 Å². The van der Waals surface area contributed by atoms with Crippen LogP contribution in [0, 0.1) is 5.41 Å².